The van der Waals surface area contributed by atoms with Crippen molar-refractivity contribution < 1.29 is 22.7 Å². The van der Waals surface area contributed by atoms with Crippen molar-refractivity contribution in [2.24, 2.45) is 0 Å². The van der Waals surface area contributed by atoms with Crippen LogP contribution in [0.2, 0.25) is 0 Å². The Balaban J connectivity index is 1.98. The van der Waals surface area contributed by atoms with E-state index >= 15 is 0 Å². The Morgan fingerprint density at radius 2 is 1.77 bits per heavy atom. The Kier molecular flexibility index (Phi) is 6.45. The normalized spacial score (nSPS) is 13.5. The van der Waals surface area contributed by atoms with E-state index in [1.54, 1.807) is 27.7 Å². The molecule has 1 atom stereocenters. The van der Waals surface area contributed by atoms with E-state index in [1.807, 2.05) is 30.3 Å². The molecule has 0 bridgehead atoms. The molecule has 3 rings (SSSR count). The van der Waals surface area contributed by atoms with Gasteiger partial charge in [-0.1, -0.05) is 30.3 Å². The number of nitrogens with zero attached hydrogens (tertiary/aromatic N) is 2. The SMILES string of the molecule is CC(C)(C)OC(=O)NC(C)(Cc1ccccc1)c1nnc(-c2cc(Br)c(F)cc2F)o1. The fourth-order valence-corrected chi connectivity index (χ4v) is 3.29. The van der Waals surface area contributed by atoms with Crippen LogP contribution in [0.1, 0.15) is 39.1 Å². The quantitative estimate of drug-likeness (QED) is 0.457. The largest absolute Gasteiger partial charge is 0.444 e. The lowest BCUT2D eigenvalue weighted by molar-refractivity contribution is 0.0443. The number of halogens is 3. The molecule has 0 aliphatic heterocycles. The third-order valence-electron chi connectivity index (χ3n) is 4.31. The number of rotatable bonds is 5. The van der Waals surface area contributed by atoms with Crippen LogP contribution in [0, 0.1) is 11.6 Å². The summed E-state index contributed by atoms with van der Waals surface area (Å²) in [4.78, 5) is 12.5. The maximum Gasteiger partial charge on any atom is 0.408 e. The van der Waals surface area contributed by atoms with Crippen molar-refractivity contribution in [3.05, 3.63) is 70.0 Å². The first-order valence-electron chi connectivity index (χ1n) is 9.51. The van der Waals surface area contributed by atoms with E-state index in [2.05, 4.69) is 31.4 Å². The van der Waals surface area contributed by atoms with Crippen LogP contribution in [0.25, 0.3) is 11.5 Å². The molecule has 1 unspecified atom stereocenters. The summed E-state index contributed by atoms with van der Waals surface area (Å²) in [5, 5.41) is 10.8. The maximum atomic E-state index is 14.3. The zero-order chi connectivity index (χ0) is 22.8. The molecule has 0 aliphatic carbocycles. The smallest absolute Gasteiger partial charge is 0.408 e. The second-order valence-corrected chi connectivity index (χ2v) is 9.13. The average molecular weight is 494 g/mol. The molecule has 3 aromatic rings. The topological polar surface area (TPSA) is 77.2 Å². The highest BCUT2D eigenvalue weighted by molar-refractivity contribution is 9.10. The second-order valence-electron chi connectivity index (χ2n) is 8.28. The first-order chi connectivity index (χ1) is 14.5. The van der Waals surface area contributed by atoms with Crippen LogP contribution in [0.3, 0.4) is 0 Å². The van der Waals surface area contributed by atoms with Gasteiger partial charge in [0.2, 0.25) is 5.89 Å². The predicted molar refractivity (Wildman–Crippen MR) is 114 cm³/mol. The number of hydrogen-bond donors (Lipinski definition) is 1. The Bertz CT molecular complexity index is 1080. The summed E-state index contributed by atoms with van der Waals surface area (Å²) in [6.07, 6.45) is -0.356. The van der Waals surface area contributed by atoms with Gasteiger partial charge in [0.15, 0.2) is 0 Å². The van der Waals surface area contributed by atoms with Gasteiger partial charge in [0, 0.05) is 12.5 Å². The molecule has 164 valence electrons. The van der Waals surface area contributed by atoms with Crippen LogP contribution in [-0.2, 0) is 16.7 Å². The van der Waals surface area contributed by atoms with Crippen LogP contribution in [0.15, 0.2) is 51.4 Å². The van der Waals surface area contributed by atoms with Gasteiger partial charge < -0.3 is 14.5 Å². The first-order valence-corrected chi connectivity index (χ1v) is 10.3. The van der Waals surface area contributed by atoms with E-state index in [4.69, 9.17) is 9.15 Å². The van der Waals surface area contributed by atoms with Gasteiger partial charge in [-0.05, 0) is 55.3 Å². The van der Waals surface area contributed by atoms with Gasteiger partial charge in [-0.15, -0.1) is 10.2 Å². The van der Waals surface area contributed by atoms with Crippen LogP contribution in [0.4, 0.5) is 13.6 Å². The molecule has 0 fully saturated rings. The number of nitrogens with one attached hydrogen (secondary N) is 1. The zero-order valence-corrected chi connectivity index (χ0v) is 19.1. The molecule has 0 saturated heterocycles. The number of alkyl carbamates (subject to hydrolysis) is 1. The van der Waals surface area contributed by atoms with Crippen LogP contribution in [-0.4, -0.2) is 21.9 Å². The number of aromatic nitrogens is 2. The summed E-state index contributed by atoms with van der Waals surface area (Å²) in [6.45, 7) is 6.96. The van der Waals surface area contributed by atoms with Gasteiger partial charge in [0.05, 0.1) is 10.0 Å². The molecule has 31 heavy (non-hydrogen) atoms. The van der Waals surface area contributed by atoms with E-state index in [-0.39, 0.29) is 21.8 Å². The molecule has 0 spiro atoms. The number of amides is 1. The average Bonchev–Trinajstić information content (AvgIpc) is 3.14. The van der Waals surface area contributed by atoms with Crippen molar-refractivity contribution in [1.82, 2.24) is 15.5 Å². The van der Waals surface area contributed by atoms with Gasteiger partial charge in [-0.3, -0.25) is 0 Å². The Morgan fingerprint density at radius 3 is 2.42 bits per heavy atom. The highest BCUT2D eigenvalue weighted by Gasteiger charge is 2.37. The minimum atomic E-state index is -1.15. The summed E-state index contributed by atoms with van der Waals surface area (Å²) in [5.41, 5.74) is -1.02. The molecule has 2 aromatic carbocycles. The van der Waals surface area contributed by atoms with Crippen molar-refractivity contribution in [2.75, 3.05) is 0 Å². The molecule has 6 nitrogen and oxygen atoms in total. The number of carbonyl (C=O) groups is 1. The number of hydrogen-bond acceptors (Lipinski definition) is 5. The predicted octanol–water partition coefficient (Wildman–Crippen LogP) is 5.76. The van der Waals surface area contributed by atoms with Crippen LogP contribution >= 0.6 is 15.9 Å². The maximum absolute atomic E-state index is 14.3. The molecule has 0 radical (unpaired) electrons. The van der Waals surface area contributed by atoms with E-state index in [1.165, 1.54) is 6.07 Å². The zero-order valence-electron chi connectivity index (χ0n) is 17.5. The van der Waals surface area contributed by atoms with Gasteiger partial charge >= 0.3 is 6.09 Å². The fourth-order valence-electron chi connectivity index (χ4n) is 2.95. The third kappa shape index (κ3) is 5.66. The van der Waals surface area contributed by atoms with E-state index < -0.39 is 28.9 Å². The lowest BCUT2D eigenvalue weighted by Crippen LogP contribution is -2.47. The first kappa shape index (κ1) is 22.9. The standard InChI is InChI=1S/C22H22BrF2N3O3/c1-21(2,3)31-20(29)26-22(4,12-13-8-6-5-7-9-13)19-28-27-18(30-19)14-10-15(23)17(25)11-16(14)24/h5-11H,12H2,1-4H3,(H,26,29). The summed E-state index contributed by atoms with van der Waals surface area (Å²) in [7, 11) is 0. The molecule has 0 aliphatic rings. The molecule has 1 amide bonds. The van der Waals surface area contributed by atoms with Gasteiger partial charge in [0.25, 0.3) is 5.89 Å². The van der Waals surface area contributed by atoms with E-state index in [9.17, 15) is 13.6 Å². The van der Waals surface area contributed by atoms with Gasteiger partial charge in [-0.25, -0.2) is 13.6 Å². The monoisotopic (exact) mass is 493 g/mol. The summed E-state index contributed by atoms with van der Waals surface area (Å²) in [5.74, 6) is -1.68. The molecule has 1 heterocycles. The Hall–Kier alpha value is -2.81. The molecule has 9 heteroatoms. The van der Waals surface area contributed by atoms with Crippen molar-refractivity contribution in [3.8, 4) is 11.5 Å². The Morgan fingerprint density at radius 1 is 1.10 bits per heavy atom. The molecule has 0 saturated carbocycles. The summed E-state index contributed by atoms with van der Waals surface area (Å²) >= 11 is 3.02. The summed E-state index contributed by atoms with van der Waals surface area (Å²) in [6, 6.07) is 11.3. The molecule has 1 N–H and O–H groups in total. The lowest BCUT2D eigenvalue weighted by atomic mass is 9.92. The molecular weight excluding hydrogens is 472 g/mol. The lowest BCUT2D eigenvalue weighted by Gasteiger charge is -2.29. The number of benzene rings is 2. The molecule has 1 aromatic heterocycles. The number of ether oxygens (including phenoxy) is 1. The van der Waals surface area contributed by atoms with E-state index in [0.29, 0.717) is 6.42 Å². The van der Waals surface area contributed by atoms with Gasteiger partial charge in [0.1, 0.15) is 22.8 Å². The summed E-state index contributed by atoms with van der Waals surface area (Å²) < 4.78 is 39.0. The van der Waals surface area contributed by atoms with E-state index in [0.717, 1.165) is 11.6 Å². The van der Waals surface area contributed by atoms with Crippen molar-refractivity contribution in [2.45, 2.75) is 45.3 Å². The van der Waals surface area contributed by atoms with Gasteiger partial charge in [-0.2, -0.15) is 0 Å². The highest BCUT2D eigenvalue weighted by atomic mass is 79.9. The minimum Gasteiger partial charge on any atom is -0.444 e. The number of carbonyl (C=O) groups excluding carboxylic acids is 1. The van der Waals surface area contributed by atoms with Crippen molar-refractivity contribution in [1.29, 1.82) is 0 Å². The van der Waals surface area contributed by atoms with Crippen LogP contribution in [0.5, 0.6) is 0 Å². The second kappa shape index (κ2) is 8.74. The minimum absolute atomic E-state index is 0.0528. The Labute approximate surface area is 187 Å². The fraction of sp³-hybridized carbons (Fsp3) is 0.318. The third-order valence-corrected chi connectivity index (χ3v) is 4.92. The molecular formula is C22H22BrF2N3O3. The van der Waals surface area contributed by atoms with Crippen molar-refractivity contribution in [3.63, 3.8) is 0 Å². The highest BCUT2D eigenvalue weighted by Crippen LogP contribution is 2.31. The van der Waals surface area contributed by atoms with Crippen molar-refractivity contribution >= 4 is 22.0 Å². The van der Waals surface area contributed by atoms with Crippen LogP contribution < -0.4 is 5.32 Å².